The molecule has 0 heterocycles. The van der Waals surface area contributed by atoms with Crippen molar-refractivity contribution in [3.05, 3.63) is 0 Å². The van der Waals surface area contributed by atoms with Crippen molar-refractivity contribution in [2.45, 2.75) is 149 Å². The van der Waals surface area contributed by atoms with Gasteiger partial charge in [0.25, 0.3) is 0 Å². The van der Waals surface area contributed by atoms with Gasteiger partial charge in [-0.3, -0.25) is 4.55 Å². The van der Waals surface area contributed by atoms with Gasteiger partial charge in [0.05, 0.1) is 12.2 Å². The third kappa shape index (κ3) is 11.3. The fourth-order valence-corrected chi connectivity index (χ4v) is 11.3. The van der Waals surface area contributed by atoms with E-state index >= 15 is 0 Å². The van der Waals surface area contributed by atoms with Crippen molar-refractivity contribution >= 4 is 16.4 Å². The second-order valence-corrected chi connectivity index (χ2v) is 18.0. The van der Waals surface area contributed by atoms with Gasteiger partial charge >= 0.3 is 16.4 Å². The SMILES string of the molecule is CC(C)C(CCC(C)C1CCC2C3C(O)CC4CC(NCCCNCCCCN)CC[C@]4(C)C3CC[C@]12C)OS(=O)(=O)O.CC(O)C(=O)O. The van der Waals surface area contributed by atoms with Crippen LogP contribution in [0.5, 0.6) is 0 Å². The average Bonchev–Trinajstić information content (AvgIpc) is 3.37. The molecule has 0 aliphatic heterocycles. The summed E-state index contributed by atoms with van der Waals surface area (Å²) >= 11 is 0. The Kier molecular flexibility index (Phi) is 16.3. The van der Waals surface area contributed by atoms with Crippen LogP contribution in [0.15, 0.2) is 0 Å². The maximum Gasteiger partial charge on any atom is 0.397 e. The summed E-state index contributed by atoms with van der Waals surface area (Å²) in [5.74, 6) is 2.03. The van der Waals surface area contributed by atoms with Crippen LogP contribution in [-0.4, -0.2) is 84.8 Å². The van der Waals surface area contributed by atoms with Crippen LogP contribution >= 0.6 is 0 Å². The zero-order valence-corrected chi connectivity index (χ0v) is 32.1. The van der Waals surface area contributed by atoms with Crippen LogP contribution in [0.1, 0.15) is 125 Å². The van der Waals surface area contributed by atoms with Gasteiger partial charge in [-0.15, -0.1) is 0 Å². The van der Waals surface area contributed by atoms with E-state index in [2.05, 4.69) is 31.4 Å². The van der Waals surface area contributed by atoms with E-state index in [4.69, 9.17) is 20.1 Å². The van der Waals surface area contributed by atoms with Crippen LogP contribution in [-0.2, 0) is 19.4 Å². The second-order valence-electron chi connectivity index (χ2n) is 16.9. The Hall–Kier alpha value is -0.860. The van der Waals surface area contributed by atoms with Crippen LogP contribution in [0.2, 0.25) is 0 Å². The highest BCUT2D eigenvalue weighted by Gasteiger charge is 2.62. The molecule has 0 saturated heterocycles. The largest absolute Gasteiger partial charge is 0.479 e. The number of hydrogen-bond acceptors (Lipinski definition) is 9. The second kappa shape index (κ2) is 18.8. The molecule has 12 heteroatoms. The molecule has 4 aliphatic carbocycles. The Balaban J connectivity index is 0.000000992. The zero-order chi connectivity index (χ0) is 36.6. The van der Waals surface area contributed by atoms with Gasteiger partial charge < -0.3 is 31.7 Å². The van der Waals surface area contributed by atoms with E-state index in [1.165, 1.54) is 51.9 Å². The summed E-state index contributed by atoms with van der Waals surface area (Å²) in [4.78, 5) is 9.45. The molecule has 12 atom stereocenters. The molecule has 4 aliphatic rings. The molecule has 0 spiro atoms. The molecule has 0 bridgehead atoms. The van der Waals surface area contributed by atoms with Crippen molar-refractivity contribution in [1.82, 2.24) is 10.6 Å². The molecule has 10 unspecified atom stereocenters. The molecule has 49 heavy (non-hydrogen) atoms. The van der Waals surface area contributed by atoms with Crippen molar-refractivity contribution in [3.63, 3.8) is 0 Å². The first-order chi connectivity index (χ1) is 22.9. The third-order valence-corrected chi connectivity index (χ3v) is 14.0. The molecule has 0 amide bonds. The molecule has 0 aromatic rings. The number of carbonyl (C=O) groups is 1. The van der Waals surface area contributed by atoms with Gasteiger partial charge in [-0.1, -0.05) is 34.6 Å². The maximum absolute atomic E-state index is 11.8. The minimum absolute atomic E-state index is 0.0152. The van der Waals surface area contributed by atoms with Crippen molar-refractivity contribution in [2.24, 2.45) is 58.0 Å². The Morgan fingerprint density at radius 2 is 1.55 bits per heavy atom. The maximum atomic E-state index is 11.8. The molecular formula is C37H71N3O8S. The van der Waals surface area contributed by atoms with Crippen LogP contribution in [0, 0.1) is 52.3 Å². The number of carboxylic acids is 1. The molecule has 288 valence electrons. The lowest BCUT2D eigenvalue weighted by Gasteiger charge is -2.62. The molecule has 0 aromatic heterocycles. The van der Waals surface area contributed by atoms with Gasteiger partial charge in [0, 0.05) is 6.04 Å². The predicted octanol–water partition coefficient (Wildman–Crippen LogP) is 5.01. The third-order valence-electron chi connectivity index (χ3n) is 13.5. The topological polar surface area (TPSA) is 191 Å². The number of aliphatic hydroxyl groups excluding tert-OH is 2. The minimum Gasteiger partial charge on any atom is -0.479 e. The van der Waals surface area contributed by atoms with Crippen molar-refractivity contribution in [2.75, 3.05) is 26.2 Å². The van der Waals surface area contributed by atoms with Gasteiger partial charge in [-0.25, -0.2) is 8.98 Å². The summed E-state index contributed by atoms with van der Waals surface area (Å²) < 4.78 is 37.1. The Bertz CT molecular complexity index is 1120. The fourth-order valence-electron chi connectivity index (χ4n) is 10.7. The Labute approximate surface area is 297 Å². The van der Waals surface area contributed by atoms with Crippen LogP contribution < -0.4 is 16.4 Å². The number of aliphatic hydroxyl groups is 2. The molecular weight excluding hydrogens is 646 g/mol. The lowest BCUT2D eigenvalue weighted by molar-refractivity contribution is -0.167. The fraction of sp³-hybridized carbons (Fsp3) is 0.973. The van der Waals surface area contributed by atoms with Gasteiger partial charge in [-0.2, -0.15) is 8.42 Å². The summed E-state index contributed by atoms with van der Waals surface area (Å²) in [6, 6.07) is 0.573. The van der Waals surface area contributed by atoms with Crippen molar-refractivity contribution in [1.29, 1.82) is 0 Å². The zero-order valence-electron chi connectivity index (χ0n) is 31.3. The Morgan fingerprint density at radius 1 is 0.918 bits per heavy atom. The molecule has 4 fully saturated rings. The van der Waals surface area contributed by atoms with Crippen LogP contribution in [0.25, 0.3) is 0 Å². The molecule has 4 rings (SSSR count). The summed E-state index contributed by atoms with van der Waals surface area (Å²) in [5, 5.41) is 34.9. The number of nitrogens with two attached hydrogens (primary N) is 1. The predicted molar refractivity (Wildman–Crippen MR) is 193 cm³/mol. The minimum atomic E-state index is -4.45. The molecule has 8 N–H and O–H groups in total. The number of nitrogens with one attached hydrogen (secondary N) is 2. The van der Waals surface area contributed by atoms with Crippen molar-refractivity contribution < 1.29 is 37.3 Å². The van der Waals surface area contributed by atoms with Gasteiger partial charge in [-0.05, 0) is 169 Å². The van der Waals surface area contributed by atoms with Gasteiger partial charge in [0.1, 0.15) is 6.10 Å². The van der Waals surface area contributed by atoms with Gasteiger partial charge in [0.15, 0.2) is 0 Å². The lowest BCUT2D eigenvalue weighted by Crippen LogP contribution is -2.59. The lowest BCUT2D eigenvalue weighted by atomic mass is 9.43. The Morgan fingerprint density at radius 3 is 2.16 bits per heavy atom. The molecule has 4 saturated carbocycles. The normalized spacial score (nSPS) is 36.1. The summed E-state index contributed by atoms with van der Waals surface area (Å²) in [6.07, 6.45) is 12.5. The first-order valence-corrected chi connectivity index (χ1v) is 20.7. The van der Waals surface area contributed by atoms with E-state index in [9.17, 15) is 22.9 Å². The standard InChI is InChI=1S/C34H65N3O5S.C3H6O3/c1-23(2)31(42-43(39,40)41)12-9-24(3)27-10-11-28-32-29(14-16-34(27,28)5)33(4)15-13-26(21-25(33)22-30(32)38)37-20-8-19-36-18-7-6-17-35;1-2(4)3(5)6/h23-32,36-38H,6-22,35H2,1-5H3,(H,39,40,41);2,4H,1H3,(H,5,6)/t24?,25?,26?,27?,28?,29?,30?,31?,32?,33-,34+;/m0./s1. The molecule has 0 radical (unpaired) electrons. The van der Waals surface area contributed by atoms with Crippen LogP contribution in [0.4, 0.5) is 0 Å². The van der Waals surface area contributed by atoms with E-state index in [0.29, 0.717) is 53.4 Å². The summed E-state index contributed by atoms with van der Waals surface area (Å²) in [7, 11) is -4.45. The number of fused-ring (bicyclic) bond motifs is 5. The van der Waals surface area contributed by atoms with E-state index in [1.807, 2.05) is 13.8 Å². The highest BCUT2D eigenvalue weighted by atomic mass is 32.3. The number of carboxylic acid groups (broad SMARTS) is 1. The number of aliphatic carboxylic acids is 1. The first kappa shape index (κ1) is 42.6. The van der Waals surface area contributed by atoms with E-state index < -0.39 is 28.6 Å². The average molecular weight is 718 g/mol. The number of rotatable bonds is 17. The smallest absolute Gasteiger partial charge is 0.397 e. The van der Waals surface area contributed by atoms with Gasteiger partial charge in [0.2, 0.25) is 0 Å². The van der Waals surface area contributed by atoms with E-state index in [-0.39, 0.29) is 17.4 Å². The van der Waals surface area contributed by atoms with E-state index in [1.54, 1.807) is 0 Å². The van der Waals surface area contributed by atoms with Crippen LogP contribution in [0.3, 0.4) is 0 Å². The number of hydrogen-bond donors (Lipinski definition) is 7. The summed E-state index contributed by atoms with van der Waals surface area (Å²) in [5.41, 5.74) is 6.13. The first-order valence-electron chi connectivity index (χ1n) is 19.3. The summed E-state index contributed by atoms with van der Waals surface area (Å²) in [6.45, 7) is 16.5. The van der Waals surface area contributed by atoms with Crippen molar-refractivity contribution in [3.8, 4) is 0 Å². The highest BCUT2D eigenvalue weighted by molar-refractivity contribution is 7.80. The number of unbranched alkanes of at least 4 members (excludes halogenated alkanes) is 1. The molecule has 11 nitrogen and oxygen atoms in total. The highest BCUT2D eigenvalue weighted by Crippen LogP contribution is 2.68. The quantitative estimate of drug-likeness (QED) is 0.0791. The molecule has 0 aromatic carbocycles. The monoisotopic (exact) mass is 717 g/mol. The van der Waals surface area contributed by atoms with E-state index in [0.717, 1.165) is 58.3 Å².